The van der Waals surface area contributed by atoms with Crippen molar-refractivity contribution in [3.05, 3.63) is 77.2 Å². The highest BCUT2D eigenvalue weighted by molar-refractivity contribution is 5.29. The predicted molar refractivity (Wildman–Crippen MR) is 78.5 cm³/mol. The fourth-order valence-corrected chi connectivity index (χ4v) is 2.21. The molecule has 0 bridgehead atoms. The second kappa shape index (κ2) is 6.28. The number of hydrogen-bond donors (Lipinski definition) is 1. The molecule has 0 atom stereocenters. The van der Waals surface area contributed by atoms with E-state index in [1.165, 1.54) is 0 Å². The molecule has 5 heteroatoms. The van der Waals surface area contributed by atoms with Crippen LogP contribution in [0.5, 0.6) is 0 Å². The third-order valence-electron chi connectivity index (χ3n) is 3.30. The van der Waals surface area contributed by atoms with Crippen LogP contribution in [0.3, 0.4) is 0 Å². The van der Waals surface area contributed by atoms with E-state index in [0.717, 1.165) is 16.7 Å². The maximum absolute atomic E-state index is 5.74. The summed E-state index contributed by atoms with van der Waals surface area (Å²) < 4.78 is 5.32. The van der Waals surface area contributed by atoms with E-state index in [0.29, 0.717) is 31.1 Å². The molecule has 0 spiro atoms. The summed E-state index contributed by atoms with van der Waals surface area (Å²) in [7, 11) is 0. The Bertz CT molecular complexity index is 709. The van der Waals surface area contributed by atoms with Crippen molar-refractivity contribution in [1.82, 2.24) is 15.1 Å². The van der Waals surface area contributed by atoms with Crippen LogP contribution in [0.1, 0.15) is 28.4 Å². The average molecular weight is 280 g/mol. The summed E-state index contributed by atoms with van der Waals surface area (Å²) in [6.45, 7) is 0.508. The molecule has 2 heterocycles. The monoisotopic (exact) mass is 280 g/mol. The molecule has 21 heavy (non-hydrogen) atoms. The molecule has 0 aliphatic rings. The molecule has 0 fully saturated rings. The fraction of sp³-hybridized carbons (Fsp3) is 0.188. The van der Waals surface area contributed by atoms with Gasteiger partial charge in [-0.15, -0.1) is 0 Å². The van der Waals surface area contributed by atoms with Gasteiger partial charge in [-0.3, -0.25) is 4.98 Å². The Kier molecular flexibility index (Phi) is 4.02. The van der Waals surface area contributed by atoms with Crippen LogP contribution in [-0.2, 0) is 19.4 Å². The lowest BCUT2D eigenvalue weighted by Crippen LogP contribution is -2.02. The summed E-state index contributed by atoms with van der Waals surface area (Å²) in [6.07, 6.45) is 4.77. The minimum absolute atomic E-state index is 0.508. The second-order valence-electron chi connectivity index (χ2n) is 4.79. The number of aromatic nitrogens is 3. The number of pyridine rings is 1. The summed E-state index contributed by atoms with van der Waals surface area (Å²) in [4.78, 5) is 8.43. The van der Waals surface area contributed by atoms with Gasteiger partial charge in [-0.05, 0) is 28.8 Å². The van der Waals surface area contributed by atoms with Gasteiger partial charge in [0.25, 0.3) is 0 Å². The highest BCUT2D eigenvalue weighted by Gasteiger charge is 2.09. The van der Waals surface area contributed by atoms with E-state index in [1.54, 1.807) is 12.4 Å². The zero-order valence-corrected chi connectivity index (χ0v) is 11.6. The Labute approximate surface area is 122 Å². The summed E-state index contributed by atoms with van der Waals surface area (Å²) >= 11 is 0. The van der Waals surface area contributed by atoms with Crippen LogP contribution in [-0.4, -0.2) is 15.1 Å². The smallest absolute Gasteiger partial charge is 0.231 e. The molecule has 0 amide bonds. The molecule has 2 aromatic heterocycles. The van der Waals surface area contributed by atoms with Gasteiger partial charge in [0, 0.05) is 25.4 Å². The van der Waals surface area contributed by atoms with Crippen molar-refractivity contribution in [1.29, 1.82) is 0 Å². The molecule has 0 saturated heterocycles. The van der Waals surface area contributed by atoms with Gasteiger partial charge < -0.3 is 10.3 Å². The third-order valence-corrected chi connectivity index (χ3v) is 3.30. The van der Waals surface area contributed by atoms with Crippen molar-refractivity contribution in [2.24, 2.45) is 5.73 Å². The molecule has 0 aliphatic carbocycles. The Morgan fingerprint density at radius 2 is 1.71 bits per heavy atom. The molecule has 1 aromatic carbocycles. The first-order valence-electron chi connectivity index (χ1n) is 6.82. The summed E-state index contributed by atoms with van der Waals surface area (Å²) in [5, 5.41) is 4.03. The van der Waals surface area contributed by atoms with Crippen LogP contribution >= 0.6 is 0 Å². The second-order valence-corrected chi connectivity index (χ2v) is 4.79. The van der Waals surface area contributed by atoms with E-state index >= 15 is 0 Å². The lowest BCUT2D eigenvalue weighted by molar-refractivity contribution is 0.380. The van der Waals surface area contributed by atoms with Gasteiger partial charge in [-0.1, -0.05) is 29.4 Å². The maximum Gasteiger partial charge on any atom is 0.231 e. The van der Waals surface area contributed by atoms with Gasteiger partial charge in [-0.2, -0.15) is 4.98 Å². The van der Waals surface area contributed by atoms with E-state index < -0.39 is 0 Å². The third kappa shape index (κ3) is 3.32. The lowest BCUT2D eigenvalue weighted by atomic mass is 10.0. The minimum atomic E-state index is 0.508. The van der Waals surface area contributed by atoms with Crippen molar-refractivity contribution < 1.29 is 4.52 Å². The Balaban J connectivity index is 1.73. The van der Waals surface area contributed by atoms with E-state index in [-0.39, 0.29) is 0 Å². The fourth-order valence-electron chi connectivity index (χ4n) is 2.21. The van der Waals surface area contributed by atoms with Crippen molar-refractivity contribution in [3.8, 4) is 0 Å². The highest BCUT2D eigenvalue weighted by Crippen LogP contribution is 2.14. The van der Waals surface area contributed by atoms with Crippen molar-refractivity contribution in [3.63, 3.8) is 0 Å². The molecular formula is C16H16N4O. The number of hydrogen-bond acceptors (Lipinski definition) is 5. The van der Waals surface area contributed by atoms with E-state index in [2.05, 4.69) is 15.1 Å². The molecule has 3 aromatic rings. The number of nitrogens with zero attached hydrogens (tertiary/aromatic N) is 3. The Morgan fingerprint density at radius 1 is 0.952 bits per heavy atom. The number of nitrogens with two attached hydrogens (primary N) is 1. The largest absolute Gasteiger partial charge is 0.339 e. The van der Waals surface area contributed by atoms with Gasteiger partial charge in [0.15, 0.2) is 5.82 Å². The first-order valence-corrected chi connectivity index (χ1v) is 6.82. The SMILES string of the molecule is NCc1ccccc1Cc1nc(Cc2ccncc2)no1. The van der Waals surface area contributed by atoms with Gasteiger partial charge in [0.1, 0.15) is 0 Å². The number of benzene rings is 1. The molecule has 0 unspecified atom stereocenters. The molecule has 3 rings (SSSR count). The van der Waals surface area contributed by atoms with E-state index in [1.807, 2.05) is 36.4 Å². The van der Waals surface area contributed by atoms with Crippen molar-refractivity contribution in [2.45, 2.75) is 19.4 Å². The standard InChI is InChI=1S/C16H16N4O/c17-11-14-4-2-1-3-13(14)10-16-19-15(20-21-16)9-12-5-7-18-8-6-12/h1-8H,9-11,17H2. The maximum atomic E-state index is 5.74. The topological polar surface area (TPSA) is 77.8 Å². The zero-order valence-electron chi connectivity index (χ0n) is 11.6. The predicted octanol–water partition coefficient (Wildman–Crippen LogP) is 2.10. The summed E-state index contributed by atoms with van der Waals surface area (Å²) in [5.74, 6) is 1.29. The molecule has 106 valence electrons. The van der Waals surface area contributed by atoms with Crippen molar-refractivity contribution in [2.75, 3.05) is 0 Å². The molecule has 0 saturated carbocycles. The average Bonchev–Trinajstić information content (AvgIpc) is 2.96. The minimum Gasteiger partial charge on any atom is -0.339 e. The first-order chi connectivity index (χ1) is 10.3. The number of rotatable bonds is 5. The van der Waals surface area contributed by atoms with Crippen LogP contribution in [0, 0.1) is 0 Å². The Hall–Kier alpha value is -2.53. The highest BCUT2D eigenvalue weighted by atomic mass is 16.5. The van der Waals surface area contributed by atoms with Gasteiger partial charge in [-0.25, -0.2) is 0 Å². The molecule has 2 N–H and O–H groups in total. The quantitative estimate of drug-likeness (QED) is 0.774. The van der Waals surface area contributed by atoms with Crippen LogP contribution in [0.4, 0.5) is 0 Å². The van der Waals surface area contributed by atoms with Gasteiger partial charge >= 0.3 is 0 Å². The normalized spacial score (nSPS) is 10.7. The van der Waals surface area contributed by atoms with Crippen LogP contribution in [0.2, 0.25) is 0 Å². The molecule has 0 aliphatic heterocycles. The molecule has 5 nitrogen and oxygen atoms in total. The van der Waals surface area contributed by atoms with Crippen molar-refractivity contribution >= 4 is 0 Å². The Morgan fingerprint density at radius 3 is 2.48 bits per heavy atom. The summed E-state index contributed by atoms with van der Waals surface area (Å²) in [6, 6.07) is 11.9. The van der Waals surface area contributed by atoms with Crippen LogP contribution in [0.15, 0.2) is 53.3 Å². The van der Waals surface area contributed by atoms with Crippen LogP contribution in [0.25, 0.3) is 0 Å². The van der Waals surface area contributed by atoms with Crippen LogP contribution < -0.4 is 5.73 Å². The lowest BCUT2D eigenvalue weighted by Gasteiger charge is -2.03. The molecule has 0 radical (unpaired) electrons. The van der Waals surface area contributed by atoms with Gasteiger partial charge in [0.05, 0.1) is 6.42 Å². The van der Waals surface area contributed by atoms with E-state index in [9.17, 15) is 0 Å². The molecular weight excluding hydrogens is 264 g/mol. The van der Waals surface area contributed by atoms with Gasteiger partial charge in [0.2, 0.25) is 5.89 Å². The zero-order chi connectivity index (χ0) is 14.5. The van der Waals surface area contributed by atoms with E-state index in [4.69, 9.17) is 10.3 Å². The first kappa shape index (κ1) is 13.5. The summed E-state index contributed by atoms with van der Waals surface area (Å²) in [5.41, 5.74) is 9.08.